The number of anilines is 3. The minimum absolute atomic E-state index is 0.0535. The number of ether oxygens (including phenoxy) is 1. The Morgan fingerprint density at radius 1 is 1.12 bits per heavy atom. The Kier molecular flexibility index (Phi) is 6.29. The highest BCUT2D eigenvalue weighted by atomic mass is 32.2. The van der Waals surface area contributed by atoms with Gasteiger partial charge in [0.25, 0.3) is 0 Å². The van der Waals surface area contributed by atoms with Crippen LogP contribution in [0.4, 0.5) is 17.2 Å². The van der Waals surface area contributed by atoms with Crippen LogP contribution in [0.15, 0.2) is 65.8 Å². The first-order chi connectivity index (χ1) is 16.5. The van der Waals surface area contributed by atoms with Gasteiger partial charge in [-0.05, 0) is 43.2 Å². The van der Waals surface area contributed by atoms with Crippen LogP contribution in [0.5, 0.6) is 0 Å². The average molecular weight is 491 g/mol. The maximum Gasteiger partial charge on any atom is 0.242 e. The predicted octanol–water partition coefficient (Wildman–Crippen LogP) is 5.97. The number of hydrogen-bond donors (Lipinski definition) is 1. The van der Waals surface area contributed by atoms with Crippen LogP contribution in [0, 0.1) is 0 Å². The van der Waals surface area contributed by atoms with Crippen LogP contribution in [0.3, 0.4) is 0 Å². The van der Waals surface area contributed by atoms with E-state index in [1.165, 1.54) is 22.2 Å². The molecule has 0 fully saturated rings. The second-order valence-corrected chi connectivity index (χ2v) is 10.6. The lowest BCUT2D eigenvalue weighted by Crippen LogP contribution is -2.33. The first-order valence-electron chi connectivity index (χ1n) is 11.2. The number of aromatic nitrogens is 2. The number of thiophene rings is 1. The summed E-state index contributed by atoms with van der Waals surface area (Å²) in [7, 11) is 0. The topological polar surface area (TPSA) is 81.3 Å². The molecule has 0 unspecified atom stereocenters. The lowest BCUT2D eigenvalue weighted by molar-refractivity contribution is -0.115. The van der Waals surface area contributed by atoms with Crippen molar-refractivity contribution in [2.45, 2.75) is 44.1 Å². The quantitative estimate of drug-likeness (QED) is 0.265. The van der Waals surface area contributed by atoms with E-state index >= 15 is 0 Å². The van der Waals surface area contributed by atoms with Crippen molar-refractivity contribution in [3.05, 3.63) is 71.1 Å². The standard InChI is InChI=1S/C26H26N4O2S2/c1-3-26(2)14-19-20(15-32-26)34-24-22(19)23(27)28-25(29-24)33-16-21(31)30(17-10-6-4-7-11-17)18-12-8-5-9-13-18/h4-13H,3,14-16H2,1-2H3,(H2,27,28,29)/t26-/m1/s1. The summed E-state index contributed by atoms with van der Waals surface area (Å²) in [6.45, 7) is 4.85. The summed E-state index contributed by atoms with van der Waals surface area (Å²) in [5, 5.41) is 1.45. The van der Waals surface area contributed by atoms with Gasteiger partial charge in [0.1, 0.15) is 10.6 Å². The maximum absolute atomic E-state index is 13.3. The predicted molar refractivity (Wildman–Crippen MR) is 140 cm³/mol. The number of nitrogens with two attached hydrogens (primary N) is 1. The minimum atomic E-state index is -0.189. The SMILES string of the molecule is CC[C@]1(C)Cc2c(sc3nc(SCC(=O)N(c4ccccc4)c4ccccc4)nc(N)c23)CO1. The van der Waals surface area contributed by atoms with Crippen LogP contribution in [0.25, 0.3) is 10.2 Å². The van der Waals surface area contributed by atoms with Crippen molar-refractivity contribution in [1.82, 2.24) is 9.97 Å². The van der Waals surface area contributed by atoms with E-state index in [-0.39, 0.29) is 17.3 Å². The zero-order valence-electron chi connectivity index (χ0n) is 19.2. The van der Waals surface area contributed by atoms with Crippen molar-refractivity contribution in [1.29, 1.82) is 0 Å². The molecule has 2 aromatic carbocycles. The molecule has 1 atom stereocenters. The van der Waals surface area contributed by atoms with E-state index in [0.29, 0.717) is 17.6 Å². The van der Waals surface area contributed by atoms with Crippen molar-refractivity contribution in [2.75, 3.05) is 16.4 Å². The summed E-state index contributed by atoms with van der Waals surface area (Å²) in [4.78, 5) is 26.4. The van der Waals surface area contributed by atoms with E-state index < -0.39 is 0 Å². The number of benzene rings is 2. The van der Waals surface area contributed by atoms with Gasteiger partial charge in [0.05, 0.1) is 23.3 Å². The number of para-hydroxylation sites is 2. The molecule has 6 nitrogen and oxygen atoms in total. The molecule has 0 aliphatic carbocycles. The fourth-order valence-electron chi connectivity index (χ4n) is 4.15. The Morgan fingerprint density at radius 3 is 2.38 bits per heavy atom. The highest BCUT2D eigenvalue weighted by Gasteiger charge is 2.33. The average Bonchev–Trinajstić information content (AvgIpc) is 3.22. The molecule has 0 saturated heterocycles. The third-order valence-electron chi connectivity index (χ3n) is 6.19. The van der Waals surface area contributed by atoms with Crippen molar-refractivity contribution in [2.24, 2.45) is 0 Å². The molecule has 4 aromatic rings. The molecule has 1 aliphatic rings. The summed E-state index contributed by atoms with van der Waals surface area (Å²) in [6, 6.07) is 19.3. The Labute approximate surface area is 207 Å². The number of nitrogens with zero attached hydrogens (tertiary/aromatic N) is 3. The molecule has 1 amide bonds. The number of thioether (sulfide) groups is 1. The first-order valence-corrected chi connectivity index (χ1v) is 13.1. The monoisotopic (exact) mass is 490 g/mol. The third kappa shape index (κ3) is 4.41. The molecular weight excluding hydrogens is 464 g/mol. The molecule has 8 heteroatoms. The largest absolute Gasteiger partial charge is 0.383 e. The van der Waals surface area contributed by atoms with Crippen LogP contribution >= 0.6 is 23.1 Å². The molecule has 5 rings (SSSR count). The molecule has 174 valence electrons. The van der Waals surface area contributed by atoms with E-state index in [1.807, 2.05) is 60.7 Å². The first kappa shape index (κ1) is 22.8. The number of nitrogen functional groups attached to an aromatic ring is 1. The fraction of sp³-hybridized carbons (Fsp3) is 0.269. The number of carbonyl (C=O) groups excluding carboxylic acids is 1. The normalized spacial score (nSPS) is 17.5. The van der Waals surface area contributed by atoms with Crippen LogP contribution in [-0.4, -0.2) is 27.2 Å². The number of hydrogen-bond acceptors (Lipinski definition) is 7. The van der Waals surface area contributed by atoms with Gasteiger partial charge in [-0.3, -0.25) is 9.69 Å². The molecule has 2 aromatic heterocycles. The van der Waals surface area contributed by atoms with Gasteiger partial charge in [-0.1, -0.05) is 55.1 Å². The lowest BCUT2D eigenvalue weighted by Gasteiger charge is -2.33. The highest BCUT2D eigenvalue weighted by molar-refractivity contribution is 7.99. The van der Waals surface area contributed by atoms with Crippen LogP contribution < -0.4 is 10.6 Å². The molecule has 1 aliphatic heterocycles. The Hall–Kier alpha value is -2.94. The van der Waals surface area contributed by atoms with Crippen molar-refractivity contribution >= 4 is 56.4 Å². The van der Waals surface area contributed by atoms with E-state index in [1.54, 1.807) is 16.2 Å². The van der Waals surface area contributed by atoms with E-state index in [0.717, 1.165) is 34.4 Å². The number of rotatable bonds is 6. The summed E-state index contributed by atoms with van der Waals surface area (Å²) in [5.41, 5.74) is 9.07. The molecule has 0 bridgehead atoms. The Morgan fingerprint density at radius 2 is 1.76 bits per heavy atom. The molecule has 34 heavy (non-hydrogen) atoms. The summed E-state index contributed by atoms with van der Waals surface area (Å²) >= 11 is 2.92. The molecular formula is C26H26N4O2S2. The summed E-state index contributed by atoms with van der Waals surface area (Å²) < 4.78 is 6.10. The van der Waals surface area contributed by atoms with Gasteiger partial charge in [0, 0.05) is 22.7 Å². The van der Waals surface area contributed by atoms with Crippen molar-refractivity contribution in [3.8, 4) is 0 Å². The minimum Gasteiger partial charge on any atom is -0.383 e. The maximum atomic E-state index is 13.3. The number of carbonyl (C=O) groups is 1. The summed E-state index contributed by atoms with van der Waals surface area (Å²) in [5.74, 6) is 0.611. The van der Waals surface area contributed by atoms with Gasteiger partial charge in [-0.25, -0.2) is 9.97 Å². The third-order valence-corrected chi connectivity index (χ3v) is 8.13. The van der Waals surface area contributed by atoms with E-state index in [9.17, 15) is 4.79 Å². The molecule has 0 radical (unpaired) electrons. The van der Waals surface area contributed by atoms with Gasteiger partial charge in [-0.15, -0.1) is 11.3 Å². The highest BCUT2D eigenvalue weighted by Crippen LogP contribution is 2.41. The Bertz CT molecular complexity index is 1290. The fourth-order valence-corrected chi connectivity index (χ4v) is 6.02. The lowest BCUT2D eigenvalue weighted by atomic mass is 9.90. The van der Waals surface area contributed by atoms with E-state index in [4.69, 9.17) is 15.5 Å². The second kappa shape index (κ2) is 9.37. The Balaban J connectivity index is 1.40. The van der Waals surface area contributed by atoms with Crippen LogP contribution in [0.1, 0.15) is 30.7 Å². The second-order valence-electron chi connectivity index (χ2n) is 8.53. The molecule has 0 spiro atoms. The van der Waals surface area contributed by atoms with Gasteiger partial charge < -0.3 is 10.5 Å². The zero-order chi connectivity index (χ0) is 23.7. The van der Waals surface area contributed by atoms with Gasteiger partial charge in [-0.2, -0.15) is 0 Å². The smallest absolute Gasteiger partial charge is 0.242 e. The summed E-state index contributed by atoms with van der Waals surface area (Å²) in [6.07, 6.45) is 1.74. The number of fused-ring (bicyclic) bond motifs is 3. The zero-order valence-corrected chi connectivity index (χ0v) is 20.8. The molecule has 0 saturated carbocycles. The van der Waals surface area contributed by atoms with Crippen LogP contribution in [0.2, 0.25) is 0 Å². The molecule has 2 N–H and O–H groups in total. The molecule has 3 heterocycles. The van der Waals surface area contributed by atoms with E-state index in [2.05, 4.69) is 18.8 Å². The van der Waals surface area contributed by atoms with Crippen LogP contribution in [-0.2, 0) is 22.6 Å². The van der Waals surface area contributed by atoms with Crippen molar-refractivity contribution in [3.63, 3.8) is 0 Å². The van der Waals surface area contributed by atoms with Gasteiger partial charge in [0.15, 0.2) is 5.16 Å². The van der Waals surface area contributed by atoms with Gasteiger partial charge in [0.2, 0.25) is 5.91 Å². The van der Waals surface area contributed by atoms with Gasteiger partial charge >= 0.3 is 0 Å². The van der Waals surface area contributed by atoms with Crippen molar-refractivity contribution < 1.29 is 9.53 Å². The number of amides is 1.